The molecule has 0 radical (unpaired) electrons. The van der Waals surface area contributed by atoms with E-state index in [0.717, 1.165) is 55.9 Å². The van der Waals surface area contributed by atoms with Crippen LogP contribution in [0.2, 0.25) is 0 Å². The standard InChI is InChI=1S/C16H30N6OS/c1-17-15(18-11-14-12-24-16(20-14)21(2)3)19-13-5-7-22(8-6-13)9-10-23-4/h12-13H,5-11H2,1-4H3,(H2,17,18,19). The Morgan fingerprint density at radius 2 is 2.21 bits per heavy atom. The molecule has 0 bridgehead atoms. The van der Waals surface area contributed by atoms with Gasteiger partial charge in [-0.1, -0.05) is 0 Å². The highest BCUT2D eigenvalue weighted by Crippen LogP contribution is 2.17. The monoisotopic (exact) mass is 354 g/mol. The molecule has 1 saturated heterocycles. The van der Waals surface area contributed by atoms with Crippen LogP contribution in [0.5, 0.6) is 0 Å². The van der Waals surface area contributed by atoms with Crippen molar-refractivity contribution < 1.29 is 4.74 Å². The summed E-state index contributed by atoms with van der Waals surface area (Å²) in [6.07, 6.45) is 2.26. The van der Waals surface area contributed by atoms with Crippen molar-refractivity contribution in [2.75, 3.05) is 59.4 Å². The van der Waals surface area contributed by atoms with Gasteiger partial charge in [-0.2, -0.15) is 0 Å². The minimum absolute atomic E-state index is 0.475. The van der Waals surface area contributed by atoms with Crippen molar-refractivity contribution in [3.8, 4) is 0 Å². The average Bonchev–Trinajstić information content (AvgIpc) is 3.07. The lowest BCUT2D eigenvalue weighted by molar-refractivity contribution is 0.128. The molecule has 1 aromatic rings. The number of nitrogens with one attached hydrogen (secondary N) is 2. The molecule has 0 saturated carbocycles. The second kappa shape index (κ2) is 9.80. The number of likely N-dealkylation sites (tertiary alicyclic amines) is 1. The number of rotatable bonds is 7. The van der Waals surface area contributed by atoms with Crippen LogP contribution in [0.25, 0.3) is 0 Å². The summed E-state index contributed by atoms with van der Waals surface area (Å²) in [6, 6.07) is 0.475. The van der Waals surface area contributed by atoms with Crippen molar-refractivity contribution >= 4 is 22.4 Å². The summed E-state index contributed by atoms with van der Waals surface area (Å²) in [5, 5.41) is 10.0. The predicted octanol–water partition coefficient (Wildman–Crippen LogP) is 0.985. The minimum Gasteiger partial charge on any atom is -0.383 e. The number of ether oxygens (including phenoxy) is 1. The van der Waals surface area contributed by atoms with Crippen LogP contribution in [0.1, 0.15) is 18.5 Å². The van der Waals surface area contributed by atoms with Gasteiger partial charge in [-0.05, 0) is 12.8 Å². The van der Waals surface area contributed by atoms with Crippen LogP contribution in [0.4, 0.5) is 5.13 Å². The summed E-state index contributed by atoms with van der Waals surface area (Å²) >= 11 is 1.66. The fourth-order valence-electron chi connectivity index (χ4n) is 2.67. The molecule has 136 valence electrons. The van der Waals surface area contributed by atoms with Gasteiger partial charge in [-0.3, -0.25) is 4.99 Å². The van der Waals surface area contributed by atoms with Crippen molar-refractivity contribution in [1.29, 1.82) is 0 Å². The summed E-state index contributed by atoms with van der Waals surface area (Å²) < 4.78 is 5.15. The highest BCUT2D eigenvalue weighted by molar-refractivity contribution is 7.13. The van der Waals surface area contributed by atoms with E-state index in [-0.39, 0.29) is 0 Å². The van der Waals surface area contributed by atoms with E-state index in [0.29, 0.717) is 12.6 Å². The average molecular weight is 355 g/mol. The maximum absolute atomic E-state index is 5.15. The van der Waals surface area contributed by atoms with E-state index in [2.05, 4.69) is 30.9 Å². The van der Waals surface area contributed by atoms with Gasteiger partial charge in [0.25, 0.3) is 0 Å². The molecule has 2 heterocycles. The van der Waals surface area contributed by atoms with Crippen molar-refractivity contribution in [2.45, 2.75) is 25.4 Å². The topological polar surface area (TPSA) is 65.0 Å². The molecule has 1 aliphatic heterocycles. The molecule has 0 atom stereocenters. The van der Waals surface area contributed by atoms with Gasteiger partial charge in [-0.25, -0.2) is 4.98 Å². The lowest BCUT2D eigenvalue weighted by atomic mass is 10.1. The van der Waals surface area contributed by atoms with Gasteiger partial charge in [-0.15, -0.1) is 11.3 Å². The van der Waals surface area contributed by atoms with Crippen molar-refractivity contribution in [3.05, 3.63) is 11.1 Å². The van der Waals surface area contributed by atoms with E-state index in [1.165, 1.54) is 0 Å². The normalized spacial score (nSPS) is 17.1. The van der Waals surface area contributed by atoms with Crippen molar-refractivity contribution in [2.24, 2.45) is 4.99 Å². The zero-order chi connectivity index (χ0) is 17.4. The number of guanidine groups is 1. The van der Waals surface area contributed by atoms with E-state index < -0.39 is 0 Å². The third kappa shape index (κ3) is 5.92. The molecule has 0 spiro atoms. The third-order valence-corrected chi connectivity index (χ3v) is 5.18. The van der Waals surface area contributed by atoms with Gasteiger partial charge in [0.05, 0.1) is 18.8 Å². The number of thiazole rings is 1. The number of hydrogen-bond donors (Lipinski definition) is 2. The van der Waals surface area contributed by atoms with Crippen LogP contribution in [0.3, 0.4) is 0 Å². The number of aliphatic imine (C=N–C) groups is 1. The highest BCUT2D eigenvalue weighted by Gasteiger charge is 2.19. The summed E-state index contributed by atoms with van der Waals surface area (Å²) in [4.78, 5) is 13.4. The first-order chi connectivity index (χ1) is 11.6. The summed E-state index contributed by atoms with van der Waals surface area (Å²) in [6.45, 7) is 4.74. The van der Waals surface area contributed by atoms with E-state index in [1.807, 2.05) is 26.0 Å². The Bertz CT molecular complexity index is 510. The molecule has 0 unspecified atom stereocenters. The van der Waals surface area contributed by atoms with Crippen LogP contribution in [-0.2, 0) is 11.3 Å². The van der Waals surface area contributed by atoms with Gasteiger partial charge < -0.3 is 25.2 Å². The number of piperidine rings is 1. The lowest BCUT2D eigenvalue weighted by Crippen LogP contribution is -2.48. The Morgan fingerprint density at radius 1 is 1.46 bits per heavy atom. The lowest BCUT2D eigenvalue weighted by Gasteiger charge is -2.32. The molecule has 2 N–H and O–H groups in total. The first-order valence-electron chi connectivity index (χ1n) is 8.42. The third-order valence-electron chi connectivity index (χ3n) is 4.12. The Kier molecular flexibility index (Phi) is 7.74. The van der Waals surface area contributed by atoms with Gasteiger partial charge >= 0.3 is 0 Å². The predicted molar refractivity (Wildman–Crippen MR) is 101 cm³/mol. The van der Waals surface area contributed by atoms with E-state index in [9.17, 15) is 0 Å². The smallest absolute Gasteiger partial charge is 0.191 e. The van der Waals surface area contributed by atoms with Gasteiger partial charge in [0, 0.05) is 59.3 Å². The second-order valence-corrected chi connectivity index (χ2v) is 7.03. The molecule has 0 aliphatic carbocycles. The zero-order valence-corrected chi connectivity index (χ0v) is 16.0. The molecule has 1 aromatic heterocycles. The molecule has 0 amide bonds. The molecule has 24 heavy (non-hydrogen) atoms. The number of methoxy groups -OCH3 is 1. The second-order valence-electron chi connectivity index (χ2n) is 6.19. The molecule has 7 nitrogen and oxygen atoms in total. The Balaban J connectivity index is 1.72. The maximum Gasteiger partial charge on any atom is 0.191 e. The van der Waals surface area contributed by atoms with Crippen LogP contribution >= 0.6 is 11.3 Å². The minimum atomic E-state index is 0.475. The molecular formula is C16H30N6OS. The van der Waals surface area contributed by atoms with E-state index >= 15 is 0 Å². The van der Waals surface area contributed by atoms with Crippen molar-refractivity contribution in [1.82, 2.24) is 20.5 Å². The van der Waals surface area contributed by atoms with Gasteiger partial charge in [0.2, 0.25) is 0 Å². The van der Waals surface area contributed by atoms with Crippen LogP contribution < -0.4 is 15.5 Å². The number of anilines is 1. The van der Waals surface area contributed by atoms with Crippen LogP contribution in [0, 0.1) is 0 Å². The van der Waals surface area contributed by atoms with E-state index in [4.69, 9.17) is 4.74 Å². The summed E-state index contributed by atoms with van der Waals surface area (Å²) in [5.41, 5.74) is 1.04. The van der Waals surface area contributed by atoms with Gasteiger partial charge in [0.1, 0.15) is 0 Å². The number of aromatic nitrogens is 1. The highest BCUT2D eigenvalue weighted by atomic mass is 32.1. The van der Waals surface area contributed by atoms with Gasteiger partial charge in [0.15, 0.2) is 11.1 Å². The fraction of sp³-hybridized carbons (Fsp3) is 0.750. The first-order valence-corrected chi connectivity index (χ1v) is 9.30. The van der Waals surface area contributed by atoms with E-state index in [1.54, 1.807) is 18.4 Å². The van der Waals surface area contributed by atoms with Crippen LogP contribution in [-0.4, -0.2) is 76.4 Å². The largest absolute Gasteiger partial charge is 0.383 e. The SMILES string of the molecule is CN=C(NCc1csc(N(C)C)n1)NC1CCN(CCOC)CC1. The first kappa shape index (κ1) is 19.0. The Morgan fingerprint density at radius 3 is 2.79 bits per heavy atom. The maximum atomic E-state index is 5.15. The summed E-state index contributed by atoms with van der Waals surface area (Å²) in [5.74, 6) is 0.852. The molecule has 0 aromatic carbocycles. The Labute approximate surface area is 149 Å². The van der Waals surface area contributed by atoms with Crippen molar-refractivity contribution in [3.63, 3.8) is 0 Å². The quantitative estimate of drug-likeness (QED) is 0.562. The zero-order valence-electron chi connectivity index (χ0n) is 15.2. The fourth-order valence-corrected chi connectivity index (χ4v) is 3.42. The molecule has 2 rings (SSSR count). The summed E-state index contributed by atoms with van der Waals surface area (Å²) in [7, 11) is 7.59. The number of nitrogens with zero attached hydrogens (tertiary/aromatic N) is 4. The number of hydrogen-bond acceptors (Lipinski definition) is 6. The Hall–Kier alpha value is -1.38. The molecule has 1 aliphatic rings. The van der Waals surface area contributed by atoms with Crippen LogP contribution in [0.15, 0.2) is 10.4 Å². The molecule has 8 heteroatoms. The molecule has 1 fully saturated rings. The molecular weight excluding hydrogens is 324 g/mol.